The Hall–Kier alpha value is -1.05. The van der Waals surface area contributed by atoms with Crippen molar-refractivity contribution in [2.75, 3.05) is 0 Å². The molecule has 2 rings (SSSR count). The summed E-state index contributed by atoms with van der Waals surface area (Å²) in [6, 6.07) is 8.27. The summed E-state index contributed by atoms with van der Waals surface area (Å²) in [5, 5.41) is 9.46. The number of nitrogens with zero attached hydrogens (tertiary/aromatic N) is 1. The van der Waals surface area contributed by atoms with Crippen molar-refractivity contribution >= 4 is 21.4 Å². The maximum Gasteiger partial charge on any atom is 0.198 e. The molecule has 0 atom stereocenters. The Morgan fingerprint density at radius 3 is 2.28 bits per heavy atom. The van der Waals surface area contributed by atoms with Crippen molar-refractivity contribution in [2.24, 2.45) is 5.41 Å². The highest BCUT2D eigenvalue weighted by molar-refractivity contribution is 7.93. The number of benzene rings is 1. The van der Waals surface area contributed by atoms with Gasteiger partial charge >= 0.3 is 0 Å². The SMILES string of the molecule is CC1(C)CC(C#N)(S(=O)(=O)c2ccccc2Cl)C1. The molecule has 1 aliphatic carbocycles. The van der Waals surface area contributed by atoms with Gasteiger partial charge in [0, 0.05) is 0 Å². The van der Waals surface area contributed by atoms with Crippen LogP contribution in [-0.2, 0) is 9.84 Å². The maximum absolute atomic E-state index is 12.6. The van der Waals surface area contributed by atoms with Gasteiger partial charge in [0.1, 0.15) is 0 Å². The maximum atomic E-state index is 12.6. The van der Waals surface area contributed by atoms with Crippen molar-refractivity contribution in [1.82, 2.24) is 0 Å². The predicted molar refractivity (Wildman–Crippen MR) is 70.0 cm³/mol. The van der Waals surface area contributed by atoms with Gasteiger partial charge in [-0.3, -0.25) is 0 Å². The van der Waals surface area contributed by atoms with E-state index in [2.05, 4.69) is 0 Å². The van der Waals surface area contributed by atoms with Gasteiger partial charge in [0.15, 0.2) is 14.6 Å². The number of rotatable bonds is 2. The van der Waals surface area contributed by atoms with Crippen molar-refractivity contribution in [3.63, 3.8) is 0 Å². The molecule has 3 nitrogen and oxygen atoms in total. The van der Waals surface area contributed by atoms with Gasteiger partial charge in [-0.25, -0.2) is 8.42 Å². The standard InChI is InChI=1S/C13H14ClNO2S/c1-12(2)7-13(8-12,9-15)18(16,17)11-6-4-3-5-10(11)14/h3-6H,7-8H2,1-2H3. The molecule has 96 valence electrons. The van der Waals surface area contributed by atoms with E-state index in [1.807, 2.05) is 19.9 Å². The smallest absolute Gasteiger partial charge is 0.198 e. The van der Waals surface area contributed by atoms with E-state index < -0.39 is 14.6 Å². The van der Waals surface area contributed by atoms with Gasteiger partial charge in [-0.05, 0) is 30.4 Å². The number of halogens is 1. The van der Waals surface area contributed by atoms with E-state index in [4.69, 9.17) is 11.6 Å². The molecule has 1 aromatic rings. The summed E-state index contributed by atoms with van der Waals surface area (Å²) in [5.74, 6) is 0. The van der Waals surface area contributed by atoms with Gasteiger partial charge in [-0.15, -0.1) is 0 Å². The van der Waals surface area contributed by atoms with Crippen LogP contribution in [0.4, 0.5) is 0 Å². The Morgan fingerprint density at radius 2 is 1.83 bits per heavy atom. The van der Waals surface area contributed by atoms with Gasteiger partial charge in [0.05, 0.1) is 16.0 Å². The molecule has 0 spiro atoms. The molecule has 0 amide bonds. The third-order valence-corrected chi connectivity index (χ3v) is 6.16. The quantitative estimate of drug-likeness (QED) is 0.837. The van der Waals surface area contributed by atoms with Gasteiger partial charge < -0.3 is 0 Å². The molecular formula is C13H14ClNO2S. The molecule has 0 saturated heterocycles. The zero-order valence-corrected chi connectivity index (χ0v) is 11.8. The minimum Gasteiger partial charge on any atom is -0.222 e. The zero-order chi connectivity index (χ0) is 13.6. The highest BCUT2D eigenvalue weighted by Crippen LogP contribution is 2.54. The third kappa shape index (κ3) is 1.82. The number of sulfone groups is 1. The summed E-state index contributed by atoms with van der Waals surface area (Å²) in [7, 11) is -3.71. The molecule has 0 N–H and O–H groups in total. The fourth-order valence-electron chi connectivity index (χ4n) is 2.70. The highest BCUT2D eigenvalue weighted by Gasteiger charge is 2.59. The highest BCUT2D eigenvalue weighted by atomic mass is 35.5. The van der Waals surface area contributed by atoms with Crippen LogP contribution < -0.4 is 0 Å². The molecule has 1 aromatic carbocycles. The fraction of sp³-hybridized carbons (Fsp3) is 0.462. The van der Waals surface area contributed by atoms with Crippen LogP contribution in [0.3, 0.4) is 0 Å². The largest absolute Gasteiger partial charge is 0.222 e. The van der Waals surface area contributed by atoms with Crippen LogP contribution in [0.5, 0.6) is 0 Å². The van der Waals surface area contributed by atoms with E-state index in [-0.39, 0.29) is 15.3 Å². The molecule has 5 heteroatoms. The summed E-state index contributed by atoms with van der Waals surface area (Å²) in [6.45, 7) is 3.93. The van der Waals surface area contributed by atoms with E-state index in [0.29, 0.717) is 12.8 Å². The van der Waals surface area contributed by atoms with Crippen molar-refractivity contribution < 1.29 is 8.42 Å². The average molecular weight is 284 g/mol. The second-order valence-electron chi connectivity index (χ2n) is 5.56. The molecule has 1 aliphatic rings. The lowest BCUT2D eigenvalue weighted by atomic mass is 9.64. The van der Waals surface area contributed by atoms with Crippen LogP contribution in [-0.4, -0.2) is 13.2 Å². The summed E-state index contributed by atoms with van der Waals surface area (Å²) in [6.07, 6.45) is 0.702. The van der Waals surface area contributed by atoms with Crippen molar-refractivity contribution in [3.8, 4) is 6.07 Å². The van der Waals surface area contributed by atoms with Crippen molar-refractivity contribution in [2.45, 2.75) is 36.3 Å². The first-order valence-corrected chi connectivity index (χ1v) is 7.51. The molecule has 0 heterocycles. The van der Waals surface area contributed by atoms with Gasteiger partial charge in [0.25, 0.3) is 0 Å². The Balaban J connectivity index is 2.52. The van der Waals surface area contributed by atoms with Crippen LogP contribution in [0.1, 0.15) is 26.7 Å². The topological polar surface area (TPSA) is 57.9 Å². The lowest BCUT2D eigenvalue weighted by Crippen LogP contribution is -2.53. The molecule has 0 radical (unpaired) electrons. The van der Waals surface area contributed by atoms with Gasteiger partial charge in [-0.2, -0.15) is 5.26 Å². The molecule has 0 unspecified atom stereocenters. The van der Waals surface area contributed by atoms with E-state index in [9.17, 15) is 13.7 Å². The summed E-state index contributed by atoms with van der Waals surface area (Å²) < 4.78 is 23.8. The monoisotopic (exact) mass is 283 g/mol. The molecular weight excluding hydrogens is 270 g/mol. The first-order valence-electron chi connectivity index (χ1n) is 5.65. The Kier molecular flexibility index (Phi) is 2.95. The average Bonchev–Trinajstić information content (AvgIpc) is 2.25. The van der Waals surface area contributed by atoms with E-state index in [1.54, 1.807) is 12.1 Å². The van der Waals surface area contributed by atoms with E-state index in [0.717, 1.165) is 0 Å². The first-order chi connectivity index (χ1) is 8.24. The number of hydrogen-bond acceptors (Lipinski definition) is 3. The second kappa shape index (κ2) is 3.97. The Labute approximate surface area is 112 Å². The van der Waals surface area contributed by atoms with Crippen LogP contribution in [0.15, 0.2) is 29.2 Å². The van der Waals surface area contributed by atoms with Crippen LogP contribution >= 0.6 is 11.6 Å². The molecule has 1 fully saturated rings. The van der Waals surface area contributed by atoms with Gasteiger partial charge in [-0.1, -0.05) is 37.6 Å². The molecule has 0 aromatic heterocycles. The van der Waals surface area contributed by atoms with Crippen LogP contribution in [0.25, 0.3) is 0 Å². The van der Waals surface area contributed by atoms with Crippen molar-refractivity contribution in [1.29, 1.82) is 5.26 Å². The summed E-state index contributed by atoms with van der Waals surface area (Å²) in [5.41, 5.74) is -0.107. The molecule has 18 heavy (non-hydrogen) atoms. The molecule has 1 saturated carbocycles. The fourth-order valence-corrected chi connectivity index (χ4v) is 5.42. The minimum atomic E-state index is -3.71. The number of hydrogen-bond donors (Lipinski definition) is 0. The second-order valence-corrected chi connectivity index (χ2v) is 8.19. The van der Waals surface area contributed by atoms with E-state index >= 15 is 0 Å². The number of nitriles is 1. The van der Waals surface area contributed by atoms with Crippen LogP contribution in [0, 0.1) is 16.7 Å². The summed E-state index contributed by atoms with van der Waals surface area (Å²) in [4.78, 5) is 0.0590. The lowest BCUT2D eigenvalue weighted by molar-refractivity contribution is 0.154. The van der Waals surface area contributed by atoms with Crippen LogP contribution in [0.2, 0.25) is 5.02 Å². The normalized spacial score (nSPS) is 20.8. The summed E-state index contributed by atoms with van der Waals surface area (Å²) >= 11 is 5.94. The van der Waals surface area contributed by atoms with E-state index in [1.165, 1.54) is 12.1 Å². The zero-order valence-electron chi connectivity index (χ0n) is 10.3. The Morgan fingerprint density at radius 1 is 1.28 bits per heavy atom. The van der Waals surface area contributed by atoms with Crippen molar-refractivity contribution in [3.05, 3.63) is 29.3 Å². The lowest BCUT2D eigenvalue weighted by Gasteiger charge is -2.47. The third-order valence-electron chi connectivity index (χ3n) is 3.37. The Bertz CT molecular complexity index is 621. The predicted octanol–water partition coefficient (Wildman–Crippen LogP) is 3.20. The first kappa shape index (κ1) is 13.4. The molecule has 0 aliphatic heterocycles. The minimum absolute atomic E-state index is 0.0590. The van der Waals surface area contributed by atoms with Gasteiger partial charge in [0.2, 0.25) is 0 Å². The molecule has 0 bridgehead atoms.